The molecule has 1 spiro atoms. The lowest BCUT2D eigenvalue weighted by atomic mass is 9.83. The molecule has 2 aromatic rings. The molecule has 0 bridgehead atoms. The molecule has 0 unspecified atom stereocenters. The normalized spacial score (nSPS) is 22.5. The summed E-state index contributed by atoms with van der Waals surface area (Å²) in [6, 6.07) is 4.40. The highest BCUT2D eigenvalue weighted by molar-refractivity contribution is 7.10. The molecule has 5 rings (SSSR count). The maximum absolute atomic E-state index is 9.54. The molecule has 30 heavy (non-hydrogen) atoms. The molecule has 8 nitrogen and oxygen atoms in total. The summed E-state index contributed by atoms with van der Waals surface area (Å²) in [5.74, 6) is 1.23. The van der Waals surface area contributed by atoms with Crippen LogP contribution in [0.25, 0.3) is 0 Å². The van der Waals surface area contributed by atoms with Gasteiger partial charge in [-0.3, -0.25) is 9.80 Å². The largest absolute Gasteiger partial charge is 0.351 e. The fraction of sp³-hybridized carbons (Fsp3) is 0.600. The smallest absolute Gasteiger partial charge is 0.229 e. The zero-order valence-corrected chi connectivity index (χ0v) is 18.8. The van der Waals surface area contributed by atoms with E-state index in [2.05, 4.69) is 47.5 Å². The monoisotopic (exact) mass is 444 g/mol. The van der Waals surface area contributed by atoms with E-state index in [1.807, 2.05) is 13.0 Å². The van der Waals surface area contributed by atoms with Gasteiger partial charge in [0.25, 0.3) is 0 Å². The van der Waals surface area contributed by atoms with Crippen molar-refractivity contribution >= 4 is 39.9 Å². The summed E-state index contributed by atoms with van der Waals surface area (Å²) in [6.07, 6.45) is 4.68. The molecule has 2 aliphatic heterocycles. The Hall–Kier alpha value is -1.99. The van der Waals surface area contributed by atoms with E-state index >= 15 is 0 Å². The van der Waals surface area contributed by atoms with Gasteiger partial charge < -0.3 is 10.2 Å². The molecule has 0 amide bonds. The molecular formula is C20H25ClN8S. The first-order chi connectivity index (χ1) is 14.4. The Labute approximate surface area is 185 Å². The predicted molar refractivity (Wildman–Crippen MR) is 119 cm³/mol. The van der Waals surface area contributed by atoms with E-state index in [0.29, 0.717) is 22.9 Å². The van der Waals surface area contributed by atoms with E-state index in [4.69, 9.17) is 11.6 Å². The SMILES string of the molecule is Cc1cc(Nc2ncc(Cl)c(N3CC(CC#N)(N4CCN(C)C5(CC5)C4)C3)n2)sn1. The first-order valence-corrected chi connectivity index (χ1v) is 11.4. The summed E-state index contributed by atoms with van der Waals surface area (Å²) in [5, 5.41) is 14.2. The highest BCUT2D eigenvalue weighted by atomic mass is 35.5. The van der Waals surface area contributed by atoms with E-state index in [0.717, 1.165) is 49.2 Å². The lowest BCUT2D eigenvalue weighted by Gasteiger charge is -2.58. The van der Waals surface area contributed by atoms with Crippen LogP contribution in [0, 0.1) is 18.3 Å². The van der Waals surface area contributed by atoms with Crippen LogP contribution in [0.4, 0.5) is 16.8 Å². The molecule has 4 heterocycles. The van der Waals surface area contributed by atoms with E-state index in [1.54, 1.807) is 6.20 Å². The van der Waals surface area contributed by atoms with Crippen LogP contribution in [-0.2, 0) is 0 Å². The summed E-state index contributed by atoms with van der Waals surface area (Å²) in [4.78, 5) is 16.2. The summed E-state index contributed by atoms with van der Waals surface area (Å²) >= 11 is 7.83. The number of anilines is 3. The third-order valence-electron chi connectivity index (χ3n) is 6.76. The Bertz CT molecular complexity index is 991. The van der Waals surface area contributed by atoms with E-state index < -0.39 is 0 Å². The molecule has 0 radical (unpaired) electrons. The maximum Gasteiger partial charge on any atom is 0.229 e. The number of hydrogen-bond acceptors (Lipinski definition) is 9. The average molecular weight is 445 g/mol. The summed E-state index contributed by atoms with van der Waals surface area (Å²) in [5.41, 5.74) is 1.17. The molecule has 1 aliphatic carbocycles. The summed E-state index contributed by atoms with van der Waals surface area (Å²) in [7, 11) is 2.23. The third-order valence-corrected chi connectivity index (χ3v) is 7.83. The second-order valence-electron chi connectivity index (χ2n) is 8.81. The predicted octanol–water partition coefficient (Wildman–Crippen LogP) is 2.89. The molecule has 0 aromatic carbocycles. The van der Waals surface area contributed by atoms with Gasteiger partial charge in [0.2, 0.25) is 5.95 Å². The Morgan fingerprint density at radius 2 is 2.10 bits per heavy atom. The maximum atomic E-state index is 9.54. The fourth-order valence-electron chi connectivity index (χ4n) is 4.71. The molecule has 1 N–H and O–H groups in total. The number of aryl methyl sites for hydroxylation is 1. The van der Waals surface area contributed by atoms with Crippen molar-refractivity contribution in [3.05, 3.63) is 23.0 Å². The third kappa shape index (κ3) is 3.42. The van der Waals surface area contributed by atoms with Crippen molar-refractivity contribution < 1.29 is 0 Å². The molecular weight excluding hydrogens is 420 g/mol. The van der Waals surface area contributed by atoms with Gasteiger partial charge in [0.1, 0.15) is 10.0 Å². The van der Waals surface area contributed by atoms with Gasteiger partial charge in [-0.1, -0.05) is 11.6 Å². The van der Waals surface area contributed by atoms with E-state index in [1.165, 1.54) is 24.4 Å². The Balaban J connectivity index is 1.33. The molecule has 3 aliphatic rings. The molecule has 10 heteroatoms. The van der Waals surface area contributed by atoms with Gasteiger partial charge in [-0.15, -0.1) is 0 Å². The highest BCUT2D eigenvalue weighted by Gasteiger charge is 2.56. The number of hydrogen-bond donors (Lipinski definition) is 1. The minimum atomic E-state index is -0.123. The first-order valence-electron chi connectivity index (χ1n) is 10.2. The number of piperazine rings is 1. The topological polar surface area (TPSA) is 84.2 Å². The second-order valence-corrected chi connectivity index (χ2v) is 10.0. The minimum Gasteiger partial charge on any atom is -0.351 e. The van der Waals surface area contributed by atoms with Gasteiger partial charge >= 0.3 is 0 Å². The average Bonchev–Trinajstić information content (AvgIpc) is 3.35. The Morgan fingerprint density at radius 1 is 1.30 bits per heavy atom. The van der Waals surface area contributed by atoms with E-state index in [9.17, 15) is 5.26 Å². The van der Waals surface area contributed by atoms with E-state index in [-0.39, 0.29) is 5.54 Å². The van der Waals surface area contributed by atoms with Gasteiger partial charge in [-0.05, 0) is 44.4 Å². The lowest BCUT2D eigenvalue weighted by molar-refractivity contribution is -0.0134. The first kappa shape index (κ1) is 19.9. The second kappa shape index (κ2) is 7.31. The number of nitriles is 1. The molecule has 1 saturated carbocycles. The van der Waals surface area contributed by atoms with Gasteiger partial charge in [0, 0.05) is 38.3 Å². The quantitative estimate of drug-likeness (QED) is 0.753. The number of nitrogens with zero attached hydrogens (tertiary/aromatic N) is 7. The van der Waals surface area contributed by atoms with Crippen LogP contribution in [0.5, 0.6) is 0 Å². The van der Waals surface area contributed by atoms with Crippen LogP contribution in [0.1, 0.15) is 25.0 Å². The number of nitrogens with one attached hydrogen (secondary N) is 1. The van der Waals surface area contributed by atoms with Crippen LogP contribution >= 0.6 is 23.1 Å². The van der Waals surface area contributed by atoms with Crippen molar-refractivity contribution in [2.75, 3.05) is 50.0 Å². The zero-order chi connectivity index (χ0) is 20.9. The molecule has 2 saturated heterocycles. The molecule has 2 aromatic heterocycles. The molecule has 0 atom stereocenters. The van der Waals surface area contributed by atoms with Crippen LogP contribution in [0.15, 0.2) is 12.3 Å². The van der Waals surface area contributed by atoms with Crippen LogP contribution in [0.2, 0.25) is 5.02 Å². The number of aromatic nitrogens is 3. The van der Waals surface area contributed by atoms with Crippen molar-refractivity contribution in [1.29, 1.82) is 5.26 Å². The summed E-state index contributed by atoms with van der Waals surface area (Å²) in [6.45, 7) is 6.59. The standard InChI is InChI=1S/C20H25ClN8S/c1-14-9-16(30-26-14)24-18-23-10-15(21)17(25-18)28-11-20(12-28,5-6-22)29-8-7-27(2)19(13-29)3-4-19/h9-10H,3-5,7-8,11-13H2,1-2H3,(H,23,24,25). The minimum absolute atomic E-state index is 0.123. The number of likely N-dealkylation sites (N-methyl/N-ethyl adjacent to an activating group) is 1. The summed E-state index contributed by atoms with van der Waals surface area (Å²) < 4.78 is 4.28. The number of rotatable bonds is 5. The van der Waals surface area contributed by atoms with Gasteiger partial charge in [0.05, 0.1) is 29.9 Å². The zero-order valence-electron chi connectivity index (χ0n) is 17.2. The Morgan fingerprint density at radius 3 is 2.77 bits per heavy atom. The number of halogens is 1. The van der Waals surface area contributed by atoms with Crippen molar-refractivity contribution in [2.45, 2.75) is 37.3 Å². The molecule has 3 fully saturated rings. The lowest BCUT2D eigenvalue weighted by Crippen LogP contribution is -2.74. The van der Waals surface area contributed by atoms with Crippen molar-refractivity contribution in [3.8, 4) is 6.07 Å². The van der Waals surface area contributed by atoms with Crippen molar-refractivity contribution in [3.63, 3.8) is 0 Å². The van der Waals surface area contributed by atoms with Crippen LogP contribution in [-0.4, -0.2) is 75.0 Å². The van der Waals surface area contributed by atoms with Crippen LogP contribution < -0.4 is 10.2 Å². The van der Waals surface area contributed by atoms with Crippen LogP contribution in [0.3, 0.4) is 0 Å². The molecule has 158 valence electrons. The van der Waals surface area contributed by atoms with Gasteiger partial charge in [0.15, 0.2) is 5.82 Å². The van der Waals surface area contributed by atoms with Crippen molar-refractivity contribution in [2.24, 2.45) is 0 Å². The highest BCUT2D eigenvalue weighted by Crippen LogP contribution is 2.47. The van der Waals surface area contributed by atoms with Gasteiger partial charge in [-0.25, -0.2) is 4.98 Å². The van der Waals surface area contributed by atoms with Crippen molar-refractivity contribution in [1.82, 2.24) is 24.1 Å². The van der Waals surface area contributed by atoms with Gasteiger partial charge in [-0.2, -0.15) is 14.6 Å². The Kier molecular flexibility index (Phi) is 4.86. The fourth-order valence-corrected chi connectivity index (χ4v) is 5.58.